The summed E-state index contributed by atoms with van der Waals surface area (Å²) in [5, 5.41) is 2.42. The highest BCUT2D eigenvalue weighted by Crippen LogP contribution is 2.07. The molecular weight excluding hydrogens is 290 g/mol. The van der Waals surface area contributed by atoms with Crippen LogP contribution in [0.15, 0.2) is 11.6 Å². The second-order valence-corrected chi connectivity index (χ2v) is 5.04. The van der Waals surface area contributed by atoms with Gasteiger partial charge in [0.05, 0.1) is 19.8 Å². The highest BCUT2D eigenvalue weighted by Gasteiger charge is 2.25. The molecule has 1 atom stereocenters. The van der Waals surface area contributed by atoms with E-state index in [4.69, 9.17) is 0 Å². The summed E-state index contributed by atoms with van der Waals surface area (Å²) in [6, 6.07) is -1.02. The minimum atomic E-state index is -1.02. The number of allylic oxidation sites excluding steroid dienone is 1. The summed E-state index contributed by atoms with van der Waals surface area (Å²) in [4.78, 5) is 46.5. The predicted molar refractivity (Wildman–Crippen MR) is 78.8 cm³/mol. The Labute approximate surface area is 130 Å². The van der Waals surface area contributed by atoms with Crippen LogP contribution in [0.2, 0.25) is 0 Å². The van der Waals surface area contributed by atoms with E-state index in [9.17, 15) is 19.2 Å². The van der Waals surface area contributed by atoms with Crippen LogP contribution >= 0.6 is 0 Å². The summed E-state index contributed by atoms with van der Waals surface area (Å²) in [5.41, 5.74) is -0.0260. The fourth-order valence-electron chi connectivity index (χ4n) is 1.68. The molecule has 0 rings (SSSR count). The minimum Gasteiger partial charge on any atom is -0.469 e. The van der Waals surface area contributed by atoms with Crippen LogP contribution in [0.25, 0.3) is 0 Å². The number of carbonyl (C=O) groups excluding carboxylic acids is 4. The Morgan fingerprint density at radius 2 is 1.68 bits per heavy atom. The molecule has 0 spiro atoms. The van der Waals surface area contributed by atoms with Gasteiger partial charge in [-0.25, -0.2) is 4.79 Å². The number of esters is 2. The third kappa shape index (κ3) is 7.01. The molecule has 7 heteroatoms. The Balaban J connectivity index is 5.04. The van der Waals surface area contributed by atoms with Crippen LogP contribution < -0.4 is 5.32 Å². The molecule has 0 heterocycles. The quantitative estimate of drug-likeness (QED) is 0.307. The van der Waals surface area contributed by atoms with Crippen molar-refractivity contribution in [2.45, 2.75) is 39.7 Å². The molecule has 0 aromatic heterocycles. The van der Waals surface area contributed by atoms with E-state index < -0.39 is 29.7 Å². The minimum absolute atomic E-state index is 0.00343. The standard InChI is InChI=1S/C15H23NO6/c1-9(2)8-11(10(3)17)14(19)16-12(15(20)22-5)6-7-13(18)21-4/h8-9,12H,6-7H2,1-5H3,(H,16,19)/b11-8+/t12-/m0/s1. The van der Waals surface area contributed by atoms with Crippen molar-refractivity contribution in [2.24, 2.45) is 5.92 Å². The van der Waals surface area contributed by atoms with E-state index in [1.807, 2.05) is 13.8 Å². The van der Waals surface area contributed by atoms with Crippen molar-refractivity contribution in [1.82, 2.24) is 5.32 Å². The molecule has 22 heavy (non-hydrogen) atoms. The molecule has 0 aliphatic heterocycles. The Hall–Kier alpha value is -2.18. The van der Waals surface area contributed by atoms with Gasteiger partial charge in [0, 0.05) is 6.42 Å². The molecule has 0 saturated heterocycles. The van der Waals surface area contributed by atoms with E-state index in [1.54, 1.807) is 0 Å². The molecule has 0 aliphatic carbocycles. The number of ether oxygens (including phenoxy) is 2. The van der Waals surface area contributed by atoms with Crippen LogP contribution in [0.1, 0.15) is 33.6 Å². The lowest BCUT2D eigenvalue weighted by molar-refractivity contribution is -0.146. The van der Waals surface area contributed by atoms with E-state index in [0.29, 0.717) is 0 Å². The average Bonchev–Trinajstić information content (AvgIpc) is 2.46. The molecule has 0 fully saturated rings. The van der Waals surface area contributed by atoms with Gasteiger partial charge < -0.3 is 14.8 Å². The summed E-state index contributed by atoms with van der Waals surface area (Å²) < 4.78 is 9.08. The molecule has 0 aromatic rings. The molecule has 0 bridgehead atoms. The van der Waals surface area contributed by atoms with Crippen LogP contribution in [0, 0.1) is 5.92 Å². The maximum absolute atomic E-state index is 12.1. The van der Waals surface area contributed by atoms with Gasteiger partial charge in [0.2, 0.25) is 0 Å². The normalized spacial score (nSPS) is 12.5. The summed E-state index contributed by atoms with van der Waals surface area (Å²) in [5.74, 6) is -2.27. The van der Waals surface area contributed by atoms with Crippen LogP contribution in [0.4, 0.5) is 0 Å². The number of nitrogens with one attached hydrogen (secondary N) is 1. The van der Waals surface area contributed by atoms with Gasteiger partial charge in [-0.05, 0) is 19.3 Å². The van der Waals surface area contributed by atoms with Crippen molar-refractivity contribution in [3.63, 3.8) is 0 Å². The number of methoxy groups -OCH3 is 2. The van der Waals surface area contributed by atoms with E-state index in [-0.39, 0.29) is 24.3 Å². The number of rotatable bonds is 8. The molecule has 1 N–H and O–H groups in total. The van der Waals surface area contributed by atoms with E-state index in [2.05, 4.69) is 14.8 Å². The topological polar surface area (TPSA) is 98.8 Å². The first-order valence-corrected chi connectivity index (χ1v) is 6.91. The van der Waals surface area contributed by atoms with Crippen molar-refractivity contribution in [2.75, 3.05) is 14.2 Å². The van der Waals surface area contributed by atoms with E-state index >= 15 is 0 Å². The first-order valence-electron chi connectivity index (χ1n) is 6.91. The first-order chi connectivity index (χ1) is 10.2. The second-order valence-electron chi connectivity index (χ2n) is 5.04. The Bertz CT molecular complexity index is 467. The third-order valence-corrected chi connectivity index (χ3v) is 2.78. The number of hydrogen-bond donors (Lipinski definition) is 1. The van der Waals surface area contributed by atoms with Crippen LogP contribution in [-0.4, -0.2) is 43.9 Å². The molecular formula is C15H23NO6. The molecule has 0 saturated carbocycles. The molecule has 0 aromatic carbocycles. The van der Waals surface area contributed by atoms with Crippen molar-refractivity contribution in [3.8, 4) is 0 Å². The monoisotopic (exact) mass is 313 g/mol. The third-order valence-electron chi connectivity index (χ3n) is 2.78. The average molecular weight is 313 g/mol. The summed E-state index contributed by atoms with van der Waals surface area (Å²) >= 11 is 0. The molecule has 0 radical (unpaired) electrons. The van der Waals surface area contributed by atoms with Gasteiger partial charge in [-0.15, -0.1) is 0 Å². The fourth-order valence-corrected chi connectivity index (χ4v) is 1.68. The molecule has 0 unspecified atom stereocenters. The Kier molecular flexibility index (Phi) is 8.74. The van der Waals surface area contributed by atoms with Gasteiger partial charge in [0.1, 0.15) is 6.04 Å². The number of ketones is 1. The Morgan fingerprint density at radius 3 is 2.09 bits per heavy atom. The predicted octanol–water partition coefficient (Wildman–Crippen LogP) is 0.769. The zero-order valence-corrected chi connectivity index (χ0v) is 13.6. The summed E-state index contributed by atoms with van der Waals surface area (Å²) in [7, 11) is 2.41. The van der Waals surface area contributed by atoms with Crippen LogP contribution in [-0.2, 0) is 28.7 Å². The zero-order valence-electron chi connectivity index (χ0n) is 13.6. The largest absolute Gasteiger partial charge is 0.469 e. The van der Waals surface area contributed by atoms with E-state index in [0.717, 1.165) is 0 Å². The first kappa shape index (κ1) is 19.8. The second kappa shape index (κ2) is 9.70. The number of carbonyl (C=O) groups is 4. The lowest BCUT2D eigenvalue weighted by atomic mass is 10.0. The molecule has 124 valence electrons. The zero-order chi connectivity index (χ0) is 17.3. The van der Waals surface area contributed by atoms with Crippen molar-refractivity contribution in [1.29, 1.82) is 0 Å². The van der Waals surface area contributed by atoms with E-state index in [1.165, 1.54) is 27.2 Å². The smallest absolute Gasteiger partial charge is 0.328 e. The van der Waals surface area contributed by atoms with Gasteiger partial charge in [-0.2, -0.15) is 0 Å². The van der Waals surface area contributed by atoms with Gasteiger partial charge in [-0.3, -0.25) is 14.4 Å². The Morgan fingerprint density at radius 1 is 1.09 bits per heavy atom. The number of hydrogen-bond acceptors (Lipinski definition) is 6. The van der Waals surface area contributed by atoms with Crippen molar-refractivity contribution in [3.05, 3.63) is 11.6 Å². The highest BCUT2D eigenvalue weighted by atomic mass is 16.5. The van der Waals surface area contributed by atoms with Gasteiger partial charge in [0.25, 0.3) is 5.91 Å². The molecule has 7 nitrogen and oxygen atoms in total. The SMILES string of the molecule is COC(=O)CC[C@H](NC(=O)/C(=C/C(C)C)C(C)=O)C(=O)OC. The van der Waals surface area contributed by atoms with Gasteiger partial charge in [-0.1, -0.05) is 19.9 Å². The maximum atomic E-state index is 12.1. The van der Waals surface area contributed by atoms with Crippen molar-refractivity contribution < 1.29 is 28.7 Å². The fraction of sp³-hybridized carbons (Fsp3) is 0.600. The lowest BCUT2D eigenvalue weighted by Crippen LogP contribution is -2.43. The van der Waals surface area contributed by atoms with Crippen LogP contribution in [0.5, 0.6) is 0 Å². The maximum Gasteiger partial charge on any atom is 0.328 e. The number of amides is 1. The molecule has 0 aliphatic rings. The highest BCUT2D eigenvalue weighted by molar-refractivity contribution is 6.18. The lowest BCUT2D eigenvalue weighted by Gasteiger charge is -2.16. The van der Waals surface area contributed by atoms with Crippen molar-refractivity contribution >= 4 is 23.6 Å². The summed E-state index contributed by atoms with van der Waals surface area (Å²) in [6.07, 6.45) is 1.49. The molecule has 1 amide bonds. The summed E-state index contributed by atoms with van der Waals surface area (Å²) in [6.45, 7) is 4.92. The van der Waals surface area contributed by atoms with Gasteiger partial charge in [0.15, 0.2) is 5.78 Å². The van der Waals surface area contributed by atoms with Gasteiger partial charge >= 0.3 is 11.9 Å². The van der Waals surface area contributed by atoms with Crippen LogP contribution in [0.3, 0.4) is 0 Å². The number of Topliss-reactive ketones (excluding diaryl/α,β-unsaturated/α-hetero) is 1.